The molecule has 1 aromatic carbocycles. The number of nitrogens with zero attached hydrogens (tertiary/aromatic N) is 1. The molecule has 0 aromatic heterocycles. The average molecular weight is 287 g/mol. The van der Waals surface area contributed by atoms with Gasteiger partial charge in [0.2, 0.25) is 0 Å². The quantitative estimate of drug-likeness (QED) is 0.650. The van der Waals surface area contributed by atoms with Gasteiger partial charge in [-0.2, -0.15) is 0 Å². The molecule has 0 radical (unpaired) electrons. The van der Waals surface area contributed by atoms with Gasteiger partial charge < -0.3 is 5.11 Å². The SMILES string of the molecule is CC1=C(C)Cc2ccccc2C1.CCC(O)CC(C)=NC. The first-order valence-electron chi connectivity index (χ1n) is 7.80. The molecule has 2 nitrogen and oxygen atoms in total. The first-order valence-corrected chi connectivity index (χ1v) is 7.80. The zero-order valence-corrected chi connectivity index (χ0v) is 14.1. The van der Waals surface area contributed by atoms with E-state index in [4.69, 9.17) is 5.11 Å². The summed E-state index contributed by atoms with van der Waals surface area (Å²) in [5.74, 6) is 0. The highest BCUT2D eigenvalue weighted by atomic mass is 16.3. The van der Waals surface area contributed by atoms with Crippen LogP contribution in [0.5, 0.6) is 0 Å². The Bertz CT molecular complexity index is 481. The normalized spacial score (nSPS) is 16.0. The van der Waals surface area contributed by atoms with Crippen LogP contribution >= 0.6 is 0 Å². The fraction of sp³-hybridized carbons (Fsp3) is 0.526. The molecule has 0 saturated carbocycles. The molecule has 1 aliphatic carbocycles. The van der Waals surface area contributed by atoms with E-state index >= 15 is 0 Å². The second-order valence-electron chi connectivity index (χ2n) is 5.91. The number of hydrogen-bond donors (Lipinski definition) is 1. The Hall–Kier alpha value is -1.41. The Morgan fingerprint density at radius 2 is 1.62 bits per heavy atom. The summed E-state index contributed by atoms with van der Waals surface area (Å²) >= 11 is 0. The second kappa shape index (κ2) is 8.78. The third-order valence-corrected chi connectivity index (χ3v) is 4.14. The van der Waals surface area contributed by atoms with Crippen molar-refractivity contribution in [3.05, 3.63) is 46.5 Å². The Kier molecular flexibility index (Phi) is 7.38. The van der Waals surface area contributed by atoms with Crippen LogP contribution in [0.2, 0.25) is 0 Å². The molecule has 0 aliphatic heterocycles. The smallest absolute Gasteiger partial charge is 0.0589 e. The number of hydrogen-bond acceptors (Lipinski definition) is 2. The van der Waals surface area contributed by atoms with Gasteiger partial charge >= 0.3 is 0 Å². The van der Waals surface area contributed by atoms with Gasteiger partial charge in [-0.3, -0.25) is 4.99 Å². The van der Waals surface area contributed by atoms with Crippen molar-refractivity contribution in [3.63, 3.8) is 0 Å². The van der Waals surface area contributed by atoms with E-state index in [-0.39, 0.29) is 6.10 Å². The van der Waals surface area contributed by atoms with Crippen LogP contribution in [-0.4, -0.2) is 24.0 Å². The molecule has 116 valence electrons. The third kappa shape index (κ3) is 5.84. The maximum Gasteiger partial charge on any atom is 0.0589 e. The topological polar surface area (TPSA) is 32.6 Å². The van der Waals surface area contributed by atoms with Crippen molar-refractivity contribution in [1.29, 1.82) is 0 Å². The van der Waals surface area contributed by atoms with Crippen molar-refractivity contribution in [2.24, 2.45) is 4.99 Å². The highest BCUT2D eigenvalue weighted by Gasteiger charge is 2.10. The minimum atomic E-state index is -0.200. The van der Waals surface area contributed by atoms with Gasteiger partial charge in [0.05, 0.1) is 6.10 Å². The standard InChI is InChI=1S/C12H14.C7H15NO/c1-9-7-11-5-3-4-6-12(11)8-10(9)2;1-4-7(9)5-6(2)8-3/h3-6H,7-8H2,1-2H3;7,9H,4-5H2,1-3H3. The lowest BCUT2D eigenvalue weighted by atomic mass is 9.88. The maximum atomic E-state index is 9.08. The molecule has 0 saturated heterocycles. The minimum Gasteiger partial charge on any atom is -0.393 e. The largest absolute Gasteiger partial charge is 0.393 e. The minimum absolute atomic E-state index is 0.200. The molecule has 0 fully saturated rings. The Morgan fingerprint density at radius 3 is 2.00 bits per heavy atom. The van der Waals surface area contributed by atoms with Crippen molar-refractivity contribution >= 4 is 5.71 Å². The lowest BCUT2D eigenvalue weighted by Gasteiger charge is -2.18. The molecule has 0 amide bonds. The fourth-order valence-corrected chi connectivity index (χ4v) is 2.35. The van der Waals surface area contributed by atoms with Gasteiger partial charge in [0.25, 0.3) is 0 Å². The lowest BCUT2D eigenvalue weighted by molar-refractivity contribution is 0.178. The zero-order chi connectivity index (χ0) is 15.8. The van der Waals surface area contributed by atoms with Crippen molar-refractivity contribution < 1.29 is 5.11 Å². The van der Waals surface area contributed by atoms with E-state index in [1.165, 1.54) is 11.1 Å². The number of benzene rings is 1. The van der Waals surface area contributed by atoms with Crippen LogP contribution in [0.3, 0.4) is 0 Å². The summed E-state index contributed by atoms with van der Waals surface area (Å²) in [5.41, 5.74) is 7.15. The number of fused-ring (bicyclic) bond motifs is 1. The summed E-state index contributed by atoms with van der Waals surface area (Å²) in [6.07, 6.45) is 3.64. The van der Waals surface area contributed by atoms with Gasteiger partial charge in [-0.15, -0.1) is 0 Å². The van der Waals surface area contributed by atoms with E-state index in [9.17, 15) is 0 Å². The number of rotatable bonds is 3. The summed E-state index contributed by atoms with van der Waals surface area (Å²) in [6.45, 7) is 8.38. The van der Waals surface area contributed by atoms with Crippen molar-refractivity contribution in [2.75, 3.05) is 7.05 Å². The molecule has 2 heteroatoms. The number of aliphatic hydroxyl groups is 1. The van der Waals surface area contributed by atoms with Crippen LogP contribution in [0.4, 0.5) is 0 Å². The molecule has 0 heterocycles. The maximum absolute atomic E-state index is 9.08. The third-order valence-electron chi connectivity index (χ3n) is 4.14. The molecular weight excluding hydrogens is 258 g/mol. The van der Waals surface area contributed by atoms with Gasteiger partial charge in [0, 0.05) is 19.2 Å². The highest BCUT2D eigenvalue weighted by molar-refractivity contribution is 5.82. The van der Waals surface area contributed by atoms with E-state index in [0.29, 0.717) is 6.42 Å². The van der Waals surface area contributed by atoms with Crippen molar-refractivity contribution in [3.8, 4) is 0 Å². The van der Waals surface area contributed by atoms with Crippen LogP contribution in [0.25, 0.3) is 0 Å². The Balaban J connectivity index is 0.000000222. The first kappa shape index (κ1) is 17.6. The summed E-state index contributed by atoms with van der Waals surface area (Å²) in [6, 6.07) is 8.75. The van der Waals surface area contributed by atoms with Gasteiger partial charge in [-0.1, -0.05) is 42.3 Å². The van der Waals surface area contributed by atoms with E-state index in [1.54, 1.807) is 18.2 Å². The monoisotopic (exact) mass is 287 g/mol. The zero-order valence-electron chi connectivity index (χ0n) is 14.1. The predicted octanol–water partition coefficient (Wildman–Crippen LogP) is 4.36. The molecule has 1 aliphatic rings. The Morgan fingerprint density at radius 1 is 1.14 bits per heavy atom. The van der Waals surface area contributed by atoms with Crippen molar-refractivity contribution in [2.45, 2.75) is 59.5 Å². The van der Waals surface area contributed by atoms with Crippen molar-refractivity contribution in [1.82, 2.24) is 0 Å². The van der Waals surface area contributed by atoms with Gasteiger partial charge in [0.15, 0.2) is 0 Å². The summed E-state index contributed by atoms with van der Waals surface area (Å²) in [5, 5.41) is 9.08. The van der Waals surface area contributed by atoms with Crippen LogP contribution in [0, 0.1) is 0 Å². The molecule has 0 bridgehead atoms. The van der Waals surface area contributed by atoms with Gasteiger partial charge in [-0.25, -0.2) is 0 Å². The van der Waals surface area contributed by atoms with Gasteiger partial charge in [0.1, 0.15) is 0 Å². The second-order valence-corrected chi connectivity index (χ2v) is 5.91. The molecule has 1 aromatic rings. The van der Waals surface area contributed by atoms with Crippen LogP contribution in [0.15, 0.2) is 40.4 Å². The summed E-state index contributed by atoms with van der Waals surface area (Å²) in [4.78, 5) is 3.93. The molecule has 1 atom stereocenters. The molecular formula is C19H29NO. The average Bonchev–Trinajstić information content (AvgIpc) is 2.48. The van der Waals surface area contributed by atoms with Crippen LogP contribution in [0.1, 0.15) is 51.7 Å². The number of aliphatic hydroxyl groups excluding tert-OH is 1. The van der Waals surface area contributed by atoms with E-state index < -0.39 is 0 Å². The van der Waals surface area contributed by atoms with E-state index in [0.717, 1.165) is 25.0 Å². The summed E-state index contributed by atoms with van der Waals surface area (Å²) < 4.78 is 0. The van der Waals surface area contributed by atoms with Gasteiger partial charge in [-0.05, 0) is 51.2 Å². The van der Waals surface area contributed by atoms with Crippen LogP contribution in [-0.2, 0) is 12.8 Å². The first-order chi connectivity index (χ1) is 9.97. The number of allylic oxidation sites excluding steroid dienone is 2. The fourth-order valence-electron chi connectivity index (χ4n) is 2.35. The molecule has 21 heavy (non-hydrogen) atoms. The Labute approximate surface area is 129 Å². The predicted molar refractivity (Wildman–Crippen MR) is 92.2 cm³/mol. The number of aliphatic imine (C=N–C) groups is 1. The highest BCUT2D eigenvalue weighted by Crippen LogP contribution is 2.24. The van der Waals surface area contributed by atoms with E-state index in [1.807, 2.05) is 13.8 Å². The molecule has 1 N–H and O–H groups in total. The molecule has 1 unspecified atom stereocenters. The van der Waals surface area contributed by atoms with Crippen LogP contribution < -0.4 is 0 Å². The molecule has 0 spiro atoms. The summed E-state index contributed by atoms with van der Waals surface area (Å²) in [7, 11) is 1.75. The lowest BCUT2D eigenvalue weighted by Crippen LogP contribution is -2.09. The molecule has 2 rings (SSSR count). The van der Waals surface area contributed by atoms with E-state index in [2.05, 4.69) is 43.1 Å².